The summed E-state index contributed by atoms with van der Waals surface area (Å²) >= 11 is 0. The van der Waals surface area contributed by atoms with E-state index < -0.39 is 17.8 Å². The van der Waals surface area contributed by atoms with Crippen LogP contribution < -0.4 is 10.5 Å². The van der Waals surface area contributed by atoms with Crippen LogP contribution in [0.3, 0.4) is 0 Å². The molecule has 0 amide bonds. The zero-order valence-electron chi connectivity index (χ0n) is 7.94. The van der Waals surface area contributed by atoms with Crippen molar-refractivity contribution in [2.24, 2.45) is 5.73 Å². The SMILES string of the molecule is COc1cc(C(N)C(=O)O)ccc1F.Cl. The predicted octanol–water partition coefficient (Wildman–Crippen LogP) is 1.34. The molecule has 0 fully saturated rings. The van der Waals surface area contributed by atoms with Crippen LogP contribution in [0.25, 0.3) is 0 Å². The van der Waals surface area contributed by atoms with Crippen LogP contribution in [-0.2, 0) is 4.79 Å². The third-order valence-electron chi connectivity index (χ3n) is 1.80. The molecule has 4 nitrogen and oxygen atoms in total. The molecule has 6 heteroatoms. The minimum atomic E-state index is -1.17. The third-order valence-corrected chi connectivity index (χ3v) is 1.80. The number of halogens is 2. The van der Waals surface area contributed by atoms with Gasteiger partial charge in [0.2, 0.25) is 0 Å². The van der Waals surface area contributed by atoms with Gasteiger partial charge in [0, 0.05) is 0 Å². The van der Waals surface area contributed by atoms with E-state index in [1.165, 1.54) is 19.2 Å². The van der Waals surface area contributed by atoms with Crippen molar-refractivity contribution in [3.05, 3.63) is 29.6 Å². The molecule has 1 aromatic carbocycles. The molecule has 0 spiro atoms. The fourth-order valence-corrected chi connectivity index (χ4v) is 1.01. The summed E-state index contributed by atoms with van der Waals surface area (Å²) in [5.74, 6) is -1.73. The Balaban J connectivity index is 0.00000196. The lowest BCUT2D eigenvalue weighted by Gasteiger charge is -2.08. The summed E-state index contributed by atoms with van der Waals surface area (Å²) in [6.07, 6.45) is 0. The molecule has 0 saturated carbocycles. The van der Waals surface area contributed by atoms with Crippen molar-refractivity contribution in [1.29, 1.82) is 0 Å². The number of carbonyl (C=O) groups is 1. The molecule has 15 heavy (non-hydrogen) atoms. The average molecular weight is 236 g/mol. The van der Waals surface area contributed by atoms with Crippen LogP contribution in [0.2, 0.25) is 0 Å². The van der Waals surface area contributed by atoms with Crippen molar-refractivity contribution in [2.45, 2.75) is 6.04 Å². The Morgan fingerprint density at radius 3 is 2.67 bits per heavy atom. The van der Waals surface area contributed by atoms with Gasteiger partial charge in [-0.25, -0.2) is 4.39 Å². The minimum Gasteiger partial charge on any atom is -0.494 e. The van der Waals surface area contributed by atoms with Crippen molar-refractivity contribution in [1.82, 2.24) is 0 Å². The molecule has 1 aromatic rings. The molecule has 1 unspecified atom stereocenters. The van der Waals surface area contributed by atoms with Gasteiger partial charge in [0.1, 0.15) is 6.04 Å². The van der Waals surface area contributed by atoms with E-state index >= 15 is 0 Å². The largest absolute Gasteiger partial charge is 0.494 e. The van der Waals surface area contributed by atoms with Gasteiger partial charge < -0.3 is 15.6 Å². The topological polar surface area (TPSA) is 72.5 Å². The van der Waals surface area contributed by atoms with Gasteiger partial charge in [-0.05, 0) is 17.7 Å². The summed E-state index contributed by atoms with van der Waals surface area (Å²) in [6, 6.07) is 2.55. The van der Waals surface area contributed by atoms with Crippen LogP contribution >= 0.6 is 12.4 Å². The van der Waals surface area contributed by atoms with Crippen molar-refractivity contribution in [3.63, 3.8) is 0 Å². The number of carboxylic acids is 1. The smallest absolute Gasteiger partial charge is 0.325 e. The van der Waals surface area contributed by atoms with Crippen molar-refractivity contribution in [3.8, 4) is 5.75 Å². The summed E-state index contributed by atoms with van der Waals surface area (Å²) in [7, 11) is 1.30. The monoisotopic (exact) mass is 235 g/mol. The van der Waals surface area contributed by atoms with Crippen LogP contribution in [0.1, 0.15) is 11.6 Å². The summed E-state index contributed by atoms with van der Waals surface area (Å²) in [4.78, 5) is 10.5. The first kappa shape index (κ1) is 13.7. The fraction of sp³-hybridized carbons (Fsp3) is 0.222. The van der Waals surface area contributed by atoms with Crippen LogP contribution in [0.4, 0.5) is 4.39 Å². The number of methoxy groups -OCH3 is 1. The molecule has 0 aliphatic heterocycles. The van der Waals surface area contributed by atoms with E-state index in [-0.39, 0.29) is 18.2 Å². The van der Waals surface area contributed by atoms with E-state index in [1.807, 2.05) is 0 Å². The van der Waals surface area contributed by atoms with Crippen LogP contribution in [0.5, 0.6) is 5.75 Å². The maximum atomic E-state index is 12.9. The lowest BCUT2D eigenvalue weighted by Crippen LogP contribution is -2.20. The second kappa shape index (κ2) is 5.53. The quantitative estimate of drug-likeness (QED) is 0.829. The molecule has 1 atom stereocenters. The van der Waals surface area contributed by atoms with Gasteiger partial charge in [0.25, 0.3) is 0 Å². The summed E-state index contributed by atoms with van der Waals surface area (Å²) < 4.78 is 17.6. The highest BCUT2D eigenvalue weighted by molar-refractivity contribution is 5.85. The van der Waals surface area contributed by atoms with Gasteiger partial charge in [-0.2, -0.15) is 0 Å². The molecular weight excluding hydrogens is 225 g/mol. The van der Waals surface area contributed by atoms with E-state index in [0.29, 0.717) is 5.56 Å². The van der Waals surface area contributed by atoms with Crippen LogP contribution in [-0.4, -0.2) is 18.2 Å². The molecule has 1 rings (SSSR count). The Morgan fingerprint density at radius 1 is 1.60 bits per heavy atom. The predicted molar refractivity (Wildman–Crippen MR) is 54.8 cm³/mol. The maximum absolute atomic E-state index is 12.9. The second-order valence-electron chi connectivity index (χ2n) is 2.71. The third kappa shape index (κ3) is 3.07. The number of benzene rings is 1. The number of hydrogen-bond donors (Lipinski definition) is 2. The van der Waals surface area contributed by atoms with Gasteiger partial charge in [-0.1, -0.05) is 6.07 Å². The molecule has 0 aliphatic carbocycles. The lowest BCUT2D eigenvalue weighted by molar-refractivity contribution is -0.138. The summed E-state index contributed by atoms with van der Waals surface area (Å²) in [5, 5.41) is 8.61. The second-order valence-corrected chi connectivity index (χ2v) is 2.71. The number of aliphatic carboxylic acids is 1. The zero-order chi connectivity index (χ0) is 10.7. The van der Waals surface area contributed by atoms with Gasteiger partial charge >= 0.3 is 5.97 Å². The molecule has 0 saturated heterocycles. The Bertz CT molecular complexity index is 359. The highest BCUT2D eigenvalue weighted by Crippen LogP contribution is 2.21. The molecule has 84 valence electrons. The van der Waals surface area contributed by atoms with Crippen molar-refractivity contribution >= 4 is 18.4 Å². The van der Waals surface area contributed by atoms with Crippen molar-refractivity contribution < 1.29 is 19.0 Å². The highest BCUT2D eigenvalue weighted by atomic mass is 35.5. The van der Waals surface area contributed by atoms with Crippen LogP contribution in [0.15, 0.2) is 18.2 Å². The number of nitrogens with two attached hydrogens (primary N) is 1. The van der Waals surface area contributed by atoms with E-state index in [4.69, 9.17) is 15.6 Å². The zero-order valence-corrected chi connectivity index (χ0v) is 8.75. The Morgan fingerprint density at radius 2 is 2.20 bits per heavy atom. The number of rotatable bonds is 3. The lowest BCUT2D eigenvalue weighted by atomic mass is 10.1. The van der Waals surface area contributed by atoms with E-state index in [1.54, 1.807) is 0 Å². The molecule has 0 radical (unpaired) electrons. The summed E-state index contributed by atoms with van der Waals surface area (Å²) in [5.41, 5.74) is 5.64. The van der Waals surface area contributed by atoms with Gasteiger partial charge in [-0.15, -0.1) is 12.4 Å². The molecule has 0 aliphatic rings. The van der Waals surface area contributed by atoms with E-state index in [0.717, 1.165) is 6.07 Å². The van der Waals surface area contributed by atoms with E-state index in [2.05, 4.69) is 0 Å². The molecule has 0 aromatic heterocycles. The minimum absolute atomic E-state index is 0. The molecular formula is C9H11ClFNO3. The van der Waals surface area contributed by atoms with Gasteiger partial charge in [0.05, 0.1) is 7.11 Å². The molecule has 0 heterocycles. The number of carboxylic acid groups (broad SMARTS) is 1. The number of ether oxygens (including phenoxy) is 1. The first-order chi connectivity index (χ1) is 6.56. The highest BCUT2D eigenvalue weighted by Gasteiger charge is 2.15. The maximum Gasteiger partial charge on any atom is 0.325 e. The van der Waals surface area contributed by atoms with Crippen LogP contribution in [0, 0.1) is 5.82 Å². The standard InChI is InChI=1S/C9H10FNO3.ClH/c1-14-7-4-5(2-3-6(7)10)8(11)9(12)13;/h2-4,8H,11H2,1H3,(H,12,13);1H. The fourth-order valence-electron chi connectivity index (χ4n) is 1.01. The Kier molecular flexibility index (Phi) is 5.04. The Labute approximate surface area is 92.3 Å². The molecule has 3 N–H and O–H groups in total. The van der Waals surface area contributed by atoms with Gasteiger partial charge in [0.15, 0.2) is 11.6 Å². The van der Waals surface area contributed by atoms with Gasteiger partial charge in [-0.3, -0.25) is 4.79 Å². The van der Waals surface area contributed by atoms with E-state index in [9.17, 15) is 9.18 Å². The first-order valence-corrected chi connectivity index (χ1v) is 3.88. The normalized spacial score (nSPS) is 11.4. The van der Waals surface area contributed by atoms with Crippen molar-refractivity contribution in [2.75, 3.05) is 7.11 Å². The average Bonchev–Trinajstić information content (AvgIpc) is 2.17. The molecule has 0 bridgehead atoms. The Hall–Kier alpha value is -1.33. The summed E-state index contributed by atoms with van der Waals surface area (Å²) in [6.45, 7) is 0. The first-order valence-electron chi connectivity index (χ1n) is 3.88. The number of hydrogen-bond acceptors (Lipinski definition) is 3.